The molecule has 1 saturated heterocycles. The first-order valence-electron chi connectivity index (χ1n) is 7.56. The highest BCUT2D eigenvalue weighted by atomic mass is 15.3. The largest absolute Gasteiger partial charge is 0.298 e. The topological polar surface area (TPSA) is 6.48 Å². The fourth-order valence-electron chi connectivity index (χ4n) is 2.42. The van der Waals surface area contributed by atoms with E-state index >= 15 is 0 Å². The van der Waals surface area contributed by atoms with Crippen LogP contribution in [0.25, 0.3) is 0 Å². The smallest absolute Gasteiger partial charge is 0.0351 e. The van der Waals surface area contributed by atoms with Crippen LogP contribution < -0.4 is 0 Å². The van der Waals surface area contributed by atoms with Crippen molar-refractivity contribution in [1.29, 1.82) is 0 Å². The summed E-state index contributed by atoms with van der Waals surface area (Å²) in [5.41, 5.74) is 2.78. The first kappa shape index (κ1) is 16.2. The Labute approximate surface area is 119 Å². The molecule has 0 aromatic heterocycles. The second-order valence-electron chi connectivity index (χ2n) is 5.61. The third kappa shape index (κ3) is 4.63. The summed E-state index contributed by atoms with van der Waals surface area (Å²) >= 11 is 0. The van der Waals surface area contributed by atoms with E-state index in [9.17, 15) is 0 Å². The molecule has 0 radical (unpaired) electrons. The zero-order chi connectivity index (χ0) is 14.4. The predicted molar refractivity (Wildman–Crippen MR) is 84.5 cm³/mol. The Morgan fingerprint density at radius 3 is 2.42 bits per heavy atom. The van der Waals surface area contributed by atoms with E-state index in [0.29, 0.717) is 6.04 Å². The molecular weight excluding hydrogens is 232 g/mol. The van der Waals surface area contributed by atoms with Gasteiger partial charge in [-0.1, -0.05) is 43.7 Å². The molecule has 0 spiro atoms. The lowest BCUT2D eigenvalue weighted by Crippen LogP contribution is -2.60. The molecule has 0 unspecified atom stereocenters. The first-order valence-corrected chi connectivity index (χ1v) is 7.56. The number of nitrogens with zero attached hydrogens (tertiary/aromatic N) is 2. The highest BCUT2D eigenvalue weighted by Crippen LogP contribution is 2.18. The Bertz CT molecular complexity index is 367. The van der Waals surface area contributed by atoms with E-state index in [1.54, 1.807) is 0 Å². The van der Waals surface area contributed by atoms with Crippen molar-refractivity contribution >= 4 is 0 Å². The van der Waals surface area contributed by atoms with Crippen LogP contribution in [-0.4, -0.2) is 42.0 Å². The molecule has 1 fully saturated rings. The number of likely N-dealkylation sites (tertiary alicyclic amines) is 1. The van der Waals surface area contributed by atoms with Crippen LogP contribution >= 0.6 is 0 Å². The average Bonchev–Trinajstić information content (AvgIpc) is 2.29. The molecule has 0 amide bonds. The third-order valence-electron chi connectivity index (χ3n) is 3.76. The van der Waals surface area contributed by atoms with Gasteiger partial charge in [-0.25, -0.2) is 0 Å². The van der Waals surface area contributed by atoms with Crippen molar-refractivity contribution < 1.29 is 0 Å². The average molecular weight is 262 g/mol. The number of benzene rings is 1. The van der Waals surface area contributed by atoms with Gasteiger partial charge in [-0.2, -0.15) is 0 Å². The number of aryl methyl sites for hydroxylation is 1. The van der Waals surface area contributed by atoms with Crippen LogP contribution in [0.1, 0.15) is 38.8 Å². The van der Waals surface area contributed by atoms with E-state index in [-0.39, 0.29) is 0 Å². The Hall–Kier alpha value is -0.860. The highest BCUT2D eigenvalue weighted by molar-refractivity contribution is 5.22. The first-order chi connectivity index (χ1) is 9.06. The van der Waals surface area contributed by atoms with E-state index < -0.39 is 0 Å². The molecule has 1 aromatic rings. The van der Waals surface area contributed by atoms with Crippen molar-refractivity contribution in [3.05, 3.63) is 35.4 Å². The maximum absolute atomic E-state index is 2.53. The lowest BCUT2D eigenvalue weighted by atomic mass is 10.0. The monoisotopic (exact) mass is 262 g/mol. The summed E-state index contributed by atoms with van der Waals surface area (Å²) in [5, 5.41) is 0. The van der Waals surface area contributed by atoms with E-state index in [0.717, 1.165) is 12.6 Å². The van der Waals surface area contributed by atoms with Crippen molar-refractivity contribution in [2.75, 3.05) is 20.1 Å². The second-order valence-corrected chi connectivity index (χ2v) is 5.61. The van der Waals surface area contributed by atoms with Crippen LogP contribution in [-0.2, 0) is 6.54 Å². The van der Waals surface area contributed by atoms with Crippen molar-refractivity contribution in [3.63, 3.8) is 0 Å². The molecule has 2 heteroatoms. The normalized spacial score (nSPS) is 16.2. The van der Waals surface area contributed by atoms with Gasteiger partial charge in [-0.15, -0.1) is 0 Å². The van der Waals surface area contributed by atoms with Crippen LogP contribution in [0.3, 0.4) is 0 Å². The van der Waals surface area contributed by atoms with Gasteiger partial charge in [0.05, 0.1) is 0 Å². The Balaban J connectivity index is 0.000000861. The van der Waals surface area contributed by atoms with Gasteiger partial charge < -0.3 is 0 Å². The minimum atomic E-state index is 0.693. The molecule has 1 heterocycles. The van der Waals surface area contributed by atoms with Crippen molar-refractivity contribution in [2.45, 2.75) is 53.2 Å². The third-order valence-corrected chi connectivity index (χ3v) is 3.76. The summed E-state index contributed by atoms with van der Waals surface area (Å²) in [5.74, 6) is 0. The second kappa shape index (κ2) is 7.66. The van der Waals surface area contributed by atoms with E-state index in [2.05, 4.69) is 61.9 Å². The van der Waals surface area contributed by atoms with Gasteiger partial charge in [0.25, 0.3) is 0 Å². The van der Waals surface area contributed by atoms with Crippen molar-refractivity contribution in [2.24, 2.45) is 0 Å². The van der Waals surface area contributed by atoms with Crippen LogP contribution in [0.5, 0.6) is 0 Å². The maximum Gasteiger partial charge on any atom is 0.0351 e. The zero-order valence-corrected chi connectivity index (χ0v) is 13.5. The molecular formula is C17H30N2. The van der Waals surface area contributed by atoms with Crippen LogP contribution in [0.2, 0.25) is 0 Å². The van der Waals surface area contributed by atoms with E-state index in [4.69, 9.17) is 0 Å². The number of rotatable bonds is 4. The van der Waals surface area contributed by atoms with Crippen molar-refractivity contribution in [1.82, 2.24) is 9.80 Å². The molecule has 0 atom stereocenters. The quantitative estimate of drug-likeness (QED) is 0.819. The molecule has 2 nitrogen and oxygen atoms in total. The molecule has 1 aromatic carbocycles. The molecule has 0 aliphatic carbocycles. The zero-order valence-electron chi connectivity index (χ0n) is 13.5. The van der Waals surface area contributed by atoms with Gasteiger partial charge in [0.1, 0.15) is 0 Å². The summed E-state index contributed by atoms with van der Waals surface area (Å²) in [4.78, 5) is 5.01. The Kier molecular flexibility index (Phi) is 6.53. The number of hydrogen-bond donors (Lipinski definition) is 0. The van der Waals surface area contributed by atoms with Gasteiger partial charge in [-0.3, -0.25) is 9.80 Å². The molecule has 1 aliphatic rings. The lowest BCUT2D eigenvalue weighted by molar-refractivity contribution is 0.0234. The molecule has 108 valence electrons. The fourth-order valence-corrected chi connectivity index (χ4v) is 2.42. The van der Waals surface area contributed by atoms with Crippen LogP contribution in [0.4, 0.5) is 0 Å². The molecule has 0 saturated carbocycles. The van der Waals surface area contributed by atoms with Gasteiger partial charge in [0.15, 0.2) is 0 Å². The van der Waals surface area contributed by atoms with Gasteiger partial charge in [0, 0.05) is 31.7 Å². The van der Waals surface area contributed by atoms with Gasteiger partial charge in [-0.05, 0) is 33.4 Å². The number of likely N-dealkylation sites (N-methyl/N-ethyl adjacent to an activating group) is 1. The summed E-state index contributed by atoms with van der Waals surface area (Å²) in [6.07, 6.45) is 0. The Morgan fingerprint density at radius 1 is 1.26 bits per heavy atom. The van der Waals surface area contributed by atoms with Gasteiger partial charge in [0.2, 0.25) is 0 Å². The molecule has 0 N–H and O–H groups in total. The van der Waals surface area contributed by atoms with Crippen LogP contribution in [0.15, 0.2) is 24.3 Å². The maximum atomic E-state index is 2.53. The highest BCUT2D eigenvalue weighted by Gasteiger charge is 2.31. The molecule has 19 heavy (non-hydrogen) atoms. The van der Waals surface area contributed by atoms with E-state index in [1.165, 1.54) is 24.2 Å². The molecule has 2 rings (SSSR count). The SMILES string of the molecule is CC.Cc1cccc(CN(C)C2CN(C(C)C)C2)c1. The minimum absolute atomic E-state index is 0.693. The van der Waals surface area contributed by atoms with E-state index in [1.807, 2.05) is 13.8 Å². The lowest BCUT2D eigenvalue weighted by Gasteiger charge is -2.46. The molecule has 0 bridgehead atoms. The van der Waals surface area contributed by atoms with Crippen LogP contribution in [0, 0.1) is 6.92 Å². The fraction of sp³-hybridized carbons (Fsp3) is 0.647. The van der Waals surface area contributed by atoms with Gasteiger partial charge >= 0.3 is 0 Å². The summed E-state index contributed by atoms with van der Waals surface area (Å²) in [6, 6.07) is 10.3. The summed E-state index contributed by atoms with van der Waals surface area (Å²) in [7, 11) is 2.24. The summed E-state index contributed by atoms with van der Waals surface area (Å²) in [6.45, 7) is 14.2. The standard InChI is InChI=1S/C15H24N2.C2H6/c1-12(2)17-10-15(11-17)16(4)9-14-7-5-6-13(3)8-14;1-2/h5-8,12,15H,9-11H2,1-4H3;1-2H3. The van der Waals surface area contributed by atoms with Crippen molar-refractivity contribution in [3.8, 4) is 0 Å². The Morgan fingerprint density at radius 2 is 1.89 bits per heavy atom. The minimum Gasteiger partial charge on any atom is -0.298 e. The summed E-state index contributed by atoms with van der Waals surface area (Å²) < 4.78 is 0. The number of hydrogen-bond acceptors (Lipinski definition) is 2. The molecule has 1 aliphatic heterocycles. The predicted octanol–water partition coefficient (Wildman–Crippen LogP) is 3.55.